The molecule has 1 aromatic carbocycles. The van der Waals surface area contributed by atoms with Crippen molar-refractivity contribution in [3.05, 3.63) is 35.4 Å². The second kappa shape index (κ2) is 7.78. The Labute approximate surface area is 155 Å². The molecule has 1 aliphatic carbocycles. The lowest BCUT2D eigenvalue weighted by Crippen LogP contribution is -2.40. The number of nitrogens with one attached hydrogen (secondary N) is 1. The minimum absolute atomic E-state index is 0.0521. The van der Waals surface area contributed by atoms with Gasteiger partial charge in [0, 0.05) is 45.2 Å². The van der Waals surface area contributed by atoms with Gasteiger partial charge in [0.15, 0.2) is 0 Å². The summed E-state index contributed by atoms with van der Waals surface area (Å²) in [6.45, 7) is 4.16. The van der Waals surface area contributed by atoms with E-state index in [0.717, 1.165) is 38.9 Å². The molecule has 0 unspecified atom stereocenters. The zero-order valence-electron chi connectivity index (χ0n) is 15.5. The van der Waals surface area contributed by atoms with Crippen molar-refractivity contribution < 1.29 is 9.59 Å². The number of benzene rings is 1. The Bertz CT molecular complexity index is 669. The molecule has 0 aromatic heterocycles. The van der Waals surface area contributed by atoms with Crippen LogP contribution in [0.2, 0.25) is 0 Å². The SMILES string of the molecule is O=C(NCCN1CCc2ccccc2C1)[C@@H]1CC(=O)N(C2CCCC2)C1. The fourth-order valence-electron chi connectivity index (χ4n) is 4.70. The van der Waals surface area contributed by atoms with E-state index in [-0.39, 0.29) is 17.7 Å². The predicted molar refractivity (Wildman–Crippen MR) is 101 cm³/mol. The number of hydrogen-bond donors (Lipinski definition) is 1. The van der Waals surface area contributed by atoms with Crippen molar-refractivity contribution in [2.24, 2.45) is 5.92 Å². The molecule has 1 aromatic rings. The largest absolute Gasteiger partial charge is 0.355 e. The average Bonchev–Trinajstić information content (AvgIpc) is 3.31. The quantitative estimate of drug-likeness (QED) is 0.878. The van der Waals surface area contributed by atoms with Crippen LogP contribution in [-0.2, 0) is 22.6 Å². The summed E-state index contributed by atoms with van der Waals surface area (Å²) in [5.74, 6) is 0.0612. The zero-order valence-corrected chi connectivity index (χ0v) is 15.5. The van der Waals surface area contributed by atoms with Gasteiger partial charge in [-0.25, -0.2) is 0 Å². The fraction of sp³-hybridized carbons (Fsp3) is 0.619. The van der Waals surface area contributed by atoms with E-state index >= 15 is 0 Å². The summed E-state index contributed by atoms with van der Waals surface area (Å²) in [4.78, 5) is 29.1. The molecule has 140 valence electrons. The Balaban J connectivity index is 1.22. The van der Waals surface area contributed by atoms with Crippen LogP contribution >= 0.6 is 0 Å². The number of nitrogens with zero attached hydrogens (tertiary/aromatic N) is 2. The topological polar surface area (TPSA) is 52.7 Å². The minimum Gasteiger partial charge on any atom is -0.355 e. The standard InChI is InChI=1S/C21H29N3O2/c25-20-13-18(15-24(20)19-7-3-4-8-19)21(26)22-10-12-23-11-9-16-5-1-2-6-17(16)14-23/h1-2,5-6,18-19H,3-4,7-15H2,(H,22,26)/t18-/m1/s1. The molecule has 2 fully saturated rings. The average molecular weight is 355 g/mol. The lowest BCUT2D eigenvalue weighted by Gasteiger charge is -2.28. The Morgan fingerprint density at radius 3 is 2.73 bits per heavy atom. The van der Waals surface area contributed by atoms with Gasteiger partial charge in [0.05, 0.1) is 5.92 Å². The number of amides is 2. The zero-order chi connectivity index (χ0) is 17.9. The van der Waals surface area contributed by atoms with Crippen molar-refractivity contribution in [1.82, 2.24) is 15.1 Å². The van der Waals surface area contributed by atoms with Crippen molar-refractivity contribution in [3.63, 3.8) is 0 Å². The number of hydrogen-bond acceptors (Lipinski definition) is 3. The van der Waals surface area contributed by atoms with E-state index in [1.54, 1.807) is 0 Å². The third-order valence-corrected chi connectivity index (χ3v) is 6.23. The normalized spacial score (nSPS) is 24.1. The molecule has 26 heavy (non-hydrogen) atoms. The maximum Gasteiger partial charge on any atom is 0.225 e. The Morgan fingerprint density at radius 1 is 1.15 bits per heavy atom. The molecule has 1 N–H and O–H groups in total. The molecular formula is C21H29N3O2. The molecule has 2 aliphatic heterocycles. The van der Waals surface area contributed by atoms with Gasteiger partial charge in [0.25, 0.3) is 0 Å². The smallest absolute Gasteiger partial charge is 0.225 e. The van der Waals surface area contributed by atoms with Crippen LogP contribution in [0.5, 0.6) is 0 Å². The van der Waals surface area contributed by atoms with Gasteiger partial charge in [0.2, 0.25) is 11.8 Å². The van der Waals surface area contributed by atoms with Crippen LogP contribution in [0.3, 0.4) is 0 Å². The lowest BCUT2D eigenvalue weighted by atomic mass is 10.00. The van der Waals surface area contributed by atoms with Gasteiger partial charge >= 0.3 is 0 Å². The van der Waals surface area contributed by atoms with Crippen LogP contribution in [0.15, 0.2) is 24.3 Å². The summed E-state index contributed by atoms with van der Waals surface area (Å²) < 4.78 is 0. The number of fused-ring (bicyclic) bond motifs is 1. The molecule has 2 amide bonds. The molecule has 1 saturated carbocycles. The van der Waals surface area contributed by atoms with Crippen LogP contribution < -0.4 is 5.32 Å². The van der Waals surface area contributed by atoms with Gasteiger partial charge in [-0.15, -0.1) is 0 Å². The molecule has 0 spiro atoms. The highest BCUT2D eigenvalue weighted by Gasteiger charge is 2.38. The molecule has 1 saturated heterocycles. The summed E-state index contributed by atoms with van der Waals surface area (Å²) in [6, 6.07) is 8.99. The highest BCUT2D eigenvalue weighted by molar-refractivity contribution is 5.89. The first-order chi connectivity index (χ1) is 12.7. The van der Waals surface area contributed by atoms with Gasteiger partial charge in [-0.1, -0.05) is 37.1 Å². The number of likely N-dealkylation sites (tertiary alicyclic amines) is 1. The molecule has 0 radical (unpaired) electrons. The van der Waals surface area contributed by atoms with E-state index in [1.807, 2.05) is 4.90 Å². The van der Waals surface area contributed by atoms with Crippen molar-refractivity contribution in [3.8, 4) is 0 Å². The number of carbonyl (C=O) groups excluding carboxylic acids is 2. The molecule has 5 heteroatoms. The Hall–Kier alpha value is -1.88. The van der Waals surface area contributed by atoms with E-state index in [0.29, 0.717) is 25.6 Å². The highest BCUT2D eigenvalue weighted by Crippen LogP contribution is 2.29. The summed E-state index contributed by atoms with van der Waals surface area (Å²) in [5, 5.41) is 3.07. The minimum atomic E-state index is -0.162. The second-order valence-corrected chi connectivity index (χ2v) is 7.97. The third kappa shape index (κ3) is 3.78. The maximum atomic E-state index is 12.5. The molecule has 3 aliphatic rings. The van der Waals surface area contributed by atoms with Gasteiger partial charge in [-0.2, -0.15) is 0 Å². The third-order valence-electron chi connectivity index (χ3n) is 6.23. The lowest BCUT2D eigenvalue weighted by molar-refractivity contribution is -0.130. The van der Waals surface area contributed by atoms with Gasteiger partial charge in [-0.05, 0) is 30.4 Å². The predicted octanol–water partition coefficient (Wildman–Crippen LogP) is 1.95. The first-order valence-electron chi connectivity index (χ1n) is 10.1. The van der Waals surface area contributed by atoms with Crippen LogP contribution in [0.25, 0.3) is 0 Å². The fourth-order valence-corrected chi connectivity index (χ4v) is 4.70. The second-order valence-electron chi connectivity index (χ2n) is 7.97. The first-order valence-corrected chi connectivity index (χ1v) is 10.1. The van der Waals surface area contributed by atoms with E-state index in [4.69, 9.17) is 0 Å². The highest BCUT2D eigenvalue weighted by atomic mass is 16.2. The van der Waals surface area contributed by atoms with Gasteiger partial charge in [0.1, 0.15) is 0 Å². The van der Waals surface area contributed by atoms with E-state index < -0.39 is 0 Å². The number of carbonyl (C=O) groups is 2. The van der Waals surface area contributed by atoms with Crippen molar-refractivity contribution in [1.29, 1.82) is 0 Å². The summed E-state index contributed by atoms with van der Waals surface area (Å²) in [7, 11) is 0. The Morgan fingerprint density at radius 2 is 1.92 bits per heavy atom. The van der Waals surface area contributed by atoms with Gasteiger partial charge in [-0.3, -0.25) is 14.5 Å². The Kier molecular flexibility index (Phi) is 5.25. The molecule has 4 rings (SSSR count). The number of rotatable bonds is 5. The maximum absolute atomic E-state index is 12.5. The van der Waals surface area contributed by atoms with Crippen LogP contribution in [0.1, 0.15) is 43.2 Å². The first kappa shape index (κ1) is 17.5. The molecule has 5 nitrogen and oxygen atoms in total. The van der Waals surface area contributed by atoms with Gasteiger partial charge < -0.3 is 10.2 Å². The van der Waals surface area contributed by atoms with Crippen LogP contribution in [0.4, 0.5) is 0 Å². The monoisotopic (exact) mass is 355 g/mol. The van der Waals surface area contributed by atoms with Crippen molar-refractivity contribution in [2.75, 3.05) is 26.2 Å². The molecule has 0 bridgehead atoms. The van der Waals surface area contributed by atoms with Crippen molar-refractivity contribution >= 4 is 11.8 Å². The van der Waals surface area contributed by atoms with Crippen LogP contribution in [-0.4, -0.2) is 53.8 Å². The van der Waals surface area contributed by atoms with Crippen molar-refractivity contribution in [2.45, 2.75) is 51.1 Å². The molecule has 2 heterocycles. The molecule has 1 atom stereocenters. The summed E-state index contributed by atoms with van der Waals surface area (Å²) in [5.41, 5.74) is 2.85. The van der Waals surface area contributed by atoms with E-state index in [2.05, 4.69) is 34.5 Å². The molecular weight excluding hydrogens is 326 g/mol. The van der Waals surface area contributed by atoms with Crippen LogP contribution in [0, 0.1) is 5.92 Å². The summed E-state index contributed by atoms with van der Waals surface area (Å²) >= 11 is 0. The van der Waals surface area contributed by atoms with E-state index in [1.165, 1.54) is 24.0 Å². The van der Waals surface area contributed by atoms with E-state index in [9.17, 15) is 9.59 Å². The summed E-state index contributed by atoms with van der Waals surface area (Å²) in [6.07, 6.45) is 6.11.